The summed E-state index contributed by atoms with van der Waals surface area (Å²) in [5.74, 6) is -1.19. The Morgan fingerprint density at radius 2 is 1.88 bits per heavy atom. The molecule has 0 fully saturated rings. The second-order valence-corrected chi connectivity index (χ2v) is 4.69. The van der Waals surface area contributed by atoms with E-state index in [2.05, 4.69) is 4.98 Å². The third-order valence-electron chi connectivity index (χ3n) is 2.41. The Balaban J connectivity index is 2.48. The summed E-state index contributed by atoms with van der Waals surface area (Å²) in [7, 11) is 0. The van der Waals surface area contributed by atoms with Crippen LogP contribution in [0.15, 0.2) is 18.2 Å². The lowest BCUT2D eigenvalue weighted by molar-refractivity contribution is 0.584. The number of hydrogen-bond acceptors (Lipinski definition) is 3. The zero-order valence-corrected chi connectivity index (χ0v) is 10.2. The van der Waals surface area contributed by atoms with Gasteiger partial charge < -0.3 is 5.73 Å². The van der Waals surface area contributed by atoms with Gasteiger partial charge >= 0.3 is 0 Å². The molecule has 0 atom stereocenters. The lowest BCUT2D eigenvalue weighted by Gasteiger charge is -1.97. The standard InChI is InChI=1S/C12H12F2N2S/c1-2-10-11(6-15)17-12(16-10)7-3-8(13)5-9(14)4-7/h3-5H,2,6,15H2,1H3. The molecule has 17 heavy (non-hydrogen) atoms. The molecular weight excluding hydrogens is 242 g/mol. The van der Waals surface area contributed by atoms with Crippen LogP contribution in [0.4, 0.5) is 8.78 Å². The Bertz CT molecular complexity index is 496. The van der Waals surface area contributed by atoms with E-state index in [-0.39, 0.29) is 0 Å². The van der Waals surface area contributed by atoms with Gasteiger partial charge in [-0.05, 0) is 18.6 Å². The third-order valence-corrected chi connectivity index (χ3v) is 3.58. The van der Waals surface area contributed by atoms with Gasteiger partial charge in [0, 0.05) is 23.1 Å². The molecule has 1 heterocycles. The van der Waals surface area contributed by atoms with Crippen LogP contribution in [-0.2, 0) is 13.0 Å². The first-order chi connectivity index (χ1) is 8.13. The molecular formula is C12H12F2N2S. The summed E-state index contributed by atoms with van der Waals surface area (Å²) >= 11 is 1.39. The minimum Gasteiger partial charge on any atom is -0.326 e. The van der Waals surface area contributed by atoms with E-state index < -0.39 is 11.6 Å². The smallest absolute Gasteiger partial charge is 0.126 e. The number of aromatic nitrogens is 1. The molecule has 0 radical (unpaired) electrons. The first-order valence-electron chi connectivity index (χ1n) is 5.29. The highest BCUT2D eigenvalue weighted by Crippen LogP contribution is 2.29. The fourth-order valence-corrected chi connectivity index (χ4v) is 2.64. The summed E-state index contributed by atoms with van der Waals surface area (Å²) in [6, 6.07) is 3.41. The minimum atomic E-state index is -0.595. The zero-order valence-electron chi connectivity index (χ0n) is 9.34. The summed E-state index contributed by atoms with van der Waals surface area (Å²) < 4.78 is 26.2. The molecule has 2 aromatic rings. The third kappa shape index (κ3) is 2.50. The Kier molecular flexibility index (Phi) is 3.49. The summed E-state index contributed by atoms with van der Waals surface area (Å²) in [5.41, 5.74) is 6.96. The maximum Gasteiger partial charge on any atom is 0.126 e. The fourth-order valence-electron chi connectivity index (χ4n) is 1.62. The number of halogens is 2. The SMILES string of the molecule is CCc1nc(-c2cc(F)cc(F)c2)sc1CN. The van der Waals surface area contributed by atoms with E-state index in [1.165, 1.54) is 23.5 Å². The first kappa shape index (κ1) is 12.1. The van der Waals surface area contributed by atoms with E-state index in [0.29, 0.717) is 17.1 Å². The van der Waals surface area contributed by atoms with Crippen LogP contribution in [-0.4, -0.2) is 4.98 Å². The van der Waals surface area contributed by atoms with Gasteiger partial charge in [0.05, 0.1) is 5.69 Å². The molecule has 0 aliphatic rings. The molecule has 0 saturated carbocycles. The summed E-state index contributed by atoms with van der Waals surface area (Å²) in [5, 5.41) is 0.612. The number of nitrogens with zero attached hydrogens (tertiary/aromatic N) is 1. The average molecular weight is 254 g/mol. The van der Waals surface area contributed by atoms with Crippen molar-refractivity contribution in [3.05, 3.63) is 40.4 Å². The van der Waals surface area contributed by atoms with E-state index in [1.54, 1.807) is 0 Å². The Labute approximate surface area is 102 Å². The normalized spacial score (nSPS) is 10.8. The number of hydrogen-bond donors (Lipinski definition) is 1. The highest BCUT2D eigenvalue weighted by atomic mass is 32.1. The van der Waals surface area contributed by atoms with Gasteiger partial charge in [-0.2, -0.15) is 0 Å². The van der Waals surface area contributed by atoms with Crippen molar-refractivity contribution in [2.75, 3.05) is 0 Å². The van der Waals surface area contributed by atoms with E-state index >= 15 is 0 Å². The molecule has 0 spiro atoms. The van der Waals surface area contributed by atoms with Crippen molar-refractivity contribution in [2.45, 2.75) is 19.9 Å². The molecule has 0 unspecified atom stereocenters. The highest BCUT2D eigenvalue weighted by molar-refractivity contribution is 7.15. The van der Waals surface area contributed by atoms with Gasteiger partial charge in [-0.3, -0.25) is 0 Å². The Morgan fingerprint density at radius 3 is 2.35 bits per heavy atom. The number of nitrogens with two attached hydrogens (primary N) is 1. The van der Waals surface area contributed by atoms with E-state index in [0.717, 1.165) is 23.1 Å². The molecule has 90 valence electrons. The van der Waals surface area contributed by atoms with Crippen LogP contribution in [0.2, 0.25) is 0 Å². The van der Waals surface area contributed by atoms with Crippen molar-refractivity contribution in [3.63, 3.8) is 0 Å². The lowest BCUT2D eigenvalue weighted by atomic mass is 10.2. The summed E-state index contributed by atoms with van der Waals surface area (Å²) in [6.45, 7) is 2.38. The Hall–Kier alpha value is -1.33. The molecule has 2 rings (SSSR count). The predicted octanol–water partition coefficient (Wildman–Crippen LogP) is 3.11. The van der Waals surface area contributed by atoms with Gasteiger partial charge in [-0.15, -0.1) is 11.3 Å². The number of rotatable bonds is 3. The van der Waals surface area contributed by atoms with Crippen LogP contribution in [0.25, 0.3) is 10.6 Å². The molecule has 0 bridgehead atoms. The van der Waals surface area contributed by atoms with Crippen molar-refractivity contribution in [3.8, 4) is 10.6 Å². The number of aryl methyl sites for hydroxylation is 1. The van der Waals surface area contributed by atoms with E-state index in [9.17, 15) is 8.78 Å². The highest BCUT2D eigenvalue weighted by Gasteiger charge is 2.11. The van der Waals surface area contributed by atoms with Crippen LogP contribution in [0.1, 0.15) is 17.5 Å². The van der Waals surface area contributed by atoms with Crippen molar-refractivity contribution in [1.29, 1.82) is 0 Å². The van der Waals surface area contributed by atoms with Crippen LogP contribution < -0.4 is 5.73 Å². The van der Waals surface area contributed by atoms with Gasteiger partial charge in [0.2, 0.25) is 0 Å². The fraction of sp³-hybridized carbons (Fsp3) is 0.250. The largest absolute Gasteiger partial charge is 0.326 e. The molecule has 2 N–H and O–H groups in total. The van der Waals surface area contributed by atoms with Crippen molar-refractivity contribution >= 4 is 11.3 Å². The quantitative estimate of drug-likeness (QED) is 0.914. The topological polar surface area (TPSA) is 38.9 Å². The lowest BCUT2D eigenvalue weighted by Crippen LogP contribution is -1.96. The van der Waals surface area contributed by atoms with Gasteiger partial charge in [-0.25, -0.2) is 13.8 Å². The maximum absolute atomic E-state index is 13.1. The molecule has 2 nitrogen and oxygen atoms in total. The van der Waals surface area contributed by atoms with Gasteiger partial charge in [-0.1, -0.05) is 6.92 Å². The monoisotopic (exact) mass is 254 g/mol. The van der Waals surface area contributed by atoms with Crippen molar-refractivity contribution in [2.24, 2.45) is 5.73 Å². The number of benzene rings is 1. The van der Waals surface area contributed by atoms with E-state index in [1.807, 2.05) is 6.92 Å². The van der Waals surface area contributed by atoms with Crippen LogP contribution in [0.3, 0.4) is 0 Å². The predicted molar refractivity (Wildman–Crippen MR) is 64.7 cm³/mol. The van der Waals surface area contributed by atoms with Crippen molar-refractivity contribution < 1.29 is 8.78 Å². The van der Waals surface area contributed by atoms with Crippen LogP contribution in [0.5, 0.6) is 0 Å². The molecule has 1 aromatic carbocycles. The van der Waals surface area contributed by atoms with Crippen molar-refractivity contribution in [1.82, 2.24) is 4.98 Å². The summed E-state index contributed by atoms with van der Waals surface area (Å²) in [4.78, 5) is 5.32. The summed E-state index contributed by atoms with van der Waals surface area (Å²) in [6.07, 6.45) is 0.765. The first-order valence-corrected chi connectivity index (χ1v) is 6.10. The molecule has 0 aliphatic heterocycles. The van der Waals surface area contributed by atoms with Crippen LogP contribution >= 0.6 is 11.3 Å². The second-order valence-electron chi connectivity index (χ2n) is 3.60. The molecule has 1 aromatic heterocycles. The average Bonchev–Trinajstić information content (AvgIpc) is 2.70. The zero-order chi connectivity index (χ0) is 12.4. The molecule has 5 heteroatoms. The second kappa shape index (κ2) is 4.89. The van der Waals surface area contributed by atoms with Gasteiger partial charge in [0.15, 0.2) is 0 Å². The molecule has 0 amide bonds. The van der Waals surface area contributed by atoms with E-state index in [4.69, 9.17) is 5.73 Å². The Morgan fingerprint density at radius 1 is 1.24 bits per heavy atom. The van der Waals surface area contributed by atoms with Gasteiger partial charge in [0.25, 0.3) is 0 Å². The molecule has 0 aliphatic carbocycles. The maximum atomic E-state index is 13.1. The van der Waals surface area contributed by atoms with Gasteiger partial charge in [0.1, 0.15) is 16.6 Å². The molecule has 0 saturated heterocycles. The van der Waals surface area contributed by atoms with Crippen LogP contribution in [0, 0.1) is 11.6 Å². The minimum absolute atomic E-state index is 0.401. The number of thiazole rings is 1.